The quantitative estimate of drug-likeness (QED) is 0.362. The number of hydrogen-bond donors (Lipinski definition) is 5. The Kier molecular flexibility index (Phi) is 6.11. The third kappa shape index (κ3) is 4.42. The van der Waals surface area contributed by atoms with Gasteiger partial charge in [-0.3, -0.25) is 4.79 Å². The molecule has 106 valence electrons. The fourth-order valence-corrected chi connectivity index (χ4v) is 1.69. The molecule has 19 heavy (non-hydrogen) atoms. The Labute approximate surface area is 111 Å². The molecule has 0 bridgehead atoms. The van der Waals surface area contributed by atoms with Crippen LogP contribution in [0.15, 0.2) is 18.2 Å². The SMILES string of the molecule is O=C(N[C@H](CO)CCCCO)c1cccc(O)c1O. The number of phenols is 2. The third-order valence-electron chi connectivity index (χ3n) is 2.78. The molecule has 6 nitrogen and oxygen atoms in total. The number of nitrogens with one attached hydrogen (secondary N) is 1. The average Bonchev–Trinajstić information content (AvgIpc) is 2.40. The number of phenolic OH excluding ortho intramolecular Hbond substituents is 2. The molecule has 0 saturated heterocycles. The Balaban J connectivity index is 2.64. The zero-order chi connectivity index (χ0) is 14.3. The minimum atomic E-state index is -0.559. The van der Waals surface area contributed by atoms with E-state index >= 15 is 0 Å². The molecule has 1 rings (SSSR count). The van der Waals surface area contributed by atoms with E-state index in [1.54, 1.807) is 0 Å². The van der Waals surface area contributed by atoms with Gasteiger partial charge in [0.2, 0.25) is 0 Å². The van der Waals surface area contributed by atoms with E-state index in [2.05, 4.69) is 5.32 Å². The fourth-order valence-electron chi connectivity index (χ4n) is 1.69. The van der Waals surface area contributed by atoms with E-state index in [4.69, 9.17) is 10.2 Å². The Hall–Kier alpha value is -1.79. The largest absolute Gasteiger partial charge is 0.504 e. The van der Waals surface area contributed by atoms with Crippen molar-refractivity contribution in [1.82, 2.24) is 5.32 Å². The van der Waals surface area contributed by atoms with Gasteiger partial charge in [-0.2, -0.15) is 0 Å². The lowest BCUT2D eigenvalue weighted by Crippen LogP contribution is -2.37. The first kappa shape index (κ1) is 15.3. The molecule has 0 aliphatic rings. The van der Waals surface area contributed by atoms with Crippen LogP contribution in [0.3, 0.4) is 0 Å². The predicted octanol–water partition coefficient (Wildman–Crippen LogP) is 0.351. The van der Waals surface area contributed by atoms with Crippen molar-refractivity contribution in [2.45, 2.75) is 25.3 Å². The highest BCUT2D eigenvalue weighted by molar-refractivity contribution is 5.97. The molecule has 0 saturated carbocycles. The highest BCUT2D eigenvalue weighted by Gasteiger charge is 2.17. The first-order valence-electron chi connectivity index (χ1n) is 6.13. The number of benzene rings is 1. The van der Waals surface area contributed by atoms with Gasteiger partial charge in [-0.05, 0) is 31.4 Å². The molecule has 6 heteroatoms. The second kappa shape index (κ2) is 7.60. The molecule has 0 aliphatic carbocycles. The average molecular weight is 269 g/mol. The zero-order valence-electron chi connectivity index (χ0n) is 10.5. The van der Waals surface area contributed by atoms with Gasteiger partial charge in [0.1, 0.15) is 0 Å². The topological polar surface area (TPSA) is 110 Å². The van der Waals surface area contributed by atoms with Crippen molar-refractivity contribution in [3.8, 4) is 11.5 Å². The number of aliphatic hydroxyl groups is 2. The van der Waals surface area contributed by atoms with Crippen LogP contribution in [0.1, 0.15) is 29.6 Å². The van der Waals surface area contributed by atoms with Gasteiger partial charge in [0.05, 0.1) is 18.2 Å². The first-order valence-corrected chi connectivity index (χ1v) is 6.13. The summed E-state index contributed by atoms with van der Waals surface area (Å²) in [5.74, 6) is -1.41. The molecular weight excluding hydrogens is 250 g/mol. The molecule has 0 aromatic heterocycles. The maximum atomic E-state index is 11.9. The highest BCUT2D eigenvalue weighted by atomic mass is 16.3. The molecule has 1 atom stereocenters. The smallest absolute Gasteiger partial charge is 0.255 e. The molecule has 0 spiro atoms. The van der Waals surface area contributed by atoms with Crippen LogP contribution in [-0.4, -0.2) is 45.6 Å². The van der Waals surface area contributed by atoms with Gasteiger partial charge in [0.15, 0.2) is 11.5 Å². The molecule has 5 N–H and O–H groups in total. The normalized spacial score (nSPS) is 12.1. The molecular formula is C13H19NO5. The molecule has 0 unspecified atom stereocenters. The van der Waals surface area contributed by atoms with Crippen molar-refractivity contribution in [2.24, 2.45) is 0 Å². The summed E-state index contributed by atoms with van der Waals surface area (Å²) in [5, 5.41) is 39.3. The van der Waals surface area contributed by atoms with Crippen LogP contribution in [0.25, 0.3) is 0 Å². The Bertz CT molecular complexity index is 421. The van der Waals surface area contributed by atoms with Crippen LogP contribution in [0, 0.1) is 0 Å². The molecule has 0 heterocycles. The maximum absolute atomic E-state index is 11.9. The second-order valence-electron chi connectivity index (χ2n) is 4.25. The van der Waals surface area contributed by atoms with Crippen LogP contribution in [0.5, 0.6) is 11.5 Å². The molecule has 1 amide bonds. The van der Waals surface area contributed by atoms with Crippen molar-refractivity contribution in [3.63, 3.8) is 0 Å². The van der Waals surface area contributed by atoms with E-state index in [1.165, 1.54) is 18.2 Å². The molecule has 1 aromatic carbocycles. The summed E-state index contributed by atoms with van der Waals surface area (Å²) >= 11 is 0. The van der Waals surface area contributed by atoms with Crippen molar-refractivity contribution < 1.29 is 25.2 Å². The van der Waals surface area contributed by atoms with Gasteiger partial charge in [-0.25, -0.2) is 0 Å². The van der Waals surface area contributed by atoms with E-state index in [0.29, 0.717) is 19.3 Å². The Morgan fingerprint density at radius 1 is 1.21 bits per heavy atom. The van der Waals surface area contributed by atoms with Crippen molar-refractivity contribution in [1.29, 1.82) is 0 Å². The van der Waals surface area contributed by atoms with E-state index in [0.717, 1.165) is 0 Å². The van der Waals surface area contributed by atoms with Crippen LogP contribution in [0.4, 0.5) is 0 Å². The minimum absolute atomic E-state index is 0.0411. The van der Waals surface area contributed by atoms with Gasteiger partial charge in [0.25, 0.3) is 5.91 Å². The van der Waals surface area contributed by atoms with Crippen LogP contribution in [0.2, 0.25) is 0 Å². The Morgan fingerprint density at radius 3 is 2.58 bits per heavy atom. The minimum Gasteiger partial charge on any atom is -0.504 e. The number of carbonyl (C=O) groups is 1. The van der Waals surface area contributed by atoms with Gasteiger partial charge >= 0.3 is 0 Å². The van der Waals surface area contributed by atoms with Crippen molar-refractivity contribution in [3.05, 3.63) is 23.8 Å². The molecule has 0 radical (unpaired) electrons. The number of amides is 1. The molecule has 0 fully saturated rings. The van der Waals surface area contributed by atoms with E-state index in [1.807, 2.05) is 0 Å². The van der Waals surface area contributed by atoms with Crippen LogP contribution < -0.4 is 5.32 Å². The third-order valence-corrected chi connectivity index (χ3v) is 2.78. The lowest BCUT2D eigenvalue weighted by molar-refractivity contribution is 0.0908. The predicted molar refractivity (Wildman–Crippen MR) is 69.0 cm³/mol. The van der Waals surface area contributed by atoms with Gasteiger partial charge in [-0.1, -0.05) is 6.07 Å². The zero-order valence-corrected chi connectivity index (χ0v) is 10.5. The molecule has 1 aromatic rings. The number of para-hydroxylation sites is 1. The summed E-state index contributed by atoms with van der Waals surface area (Å²) in [4.78, 5) is 11.9. The summed E-state index contributed by atoms with van der Waals surface area (Å²) in [7, 11) is 0. The monoisotopic (exact) mass is 269 g/mol. The number of rotatable bonds is 7. The lowest BCUT2D eigenvalue weighted by atomic mass is 10.1. The fraction of sp³-hybridized carbons (Fsp3) is 0.462. The van der Waals surface area contributed by atoms with Gasteiger partial charge in [-0.15, -0.1) is 0 Å². The Morgan fingerprint density at radius 2 is 1.95 bits per heavy atom. The summed E-state index contributed by atoms with van der Waals surface area (Å²) in [6, 6.07) is 3.66. The van der Waals surface area contributed by atoms with Crippen LogP contribution in [-0.2, 0) is 0 Å². The molecule has 0 aliphatic heterocycles. The first-order chi connectivity index (χ1) is 9.10. The van der Waals surface area contributed by atoms with Crippen molar-refractivity contribution in [2.75, 3.05) is 13.2 Å². The maximum Gasteiger partial charge on any atom is 0.255 e. The number of hydrogen-bond acceptors (Lipinski definition) is 5. The summed E-state index contributed by atoms with van der Waals surface area (Å²) in [5.41, 5.74) is -0.0411. The number of aromatic hydroxyl groups is 2. The summed E-state index contributed by atoms with van der Waals surface area (Å²) < 4.78 is 0. The number of unbranched alkanes of at least 4 members (excludes halogenated alkanes) is 1. The van der Waals surface area contributed by atoms with E-state index in [-0.39, 0.29) is 24.5 Å². The van der Waals surface area contributed by atoms with E-state index in [9.17, 15) is 15.0 Å². The van der Waals surface area contributed by atoms with Gasteiger partial charge in [0, 0.05) is 6.61 Å². The van der Waals surface area contributed by atoms with Gasteiger partial charge < -0.3 is 25.7 Å². The summed E-state index contributed by atoms with van der Waals surface area (Å²) in [6.45, 7) is -0.157. The lowest BCUT2D eigenvalue weighted by Gasteiger charge is -2.16. The second-order valence-corrected chi connectivity index (χ2v) is 4.25. The van der Waals surface area contributed by atoms with E-state index < -0.39 is 17.7 Å². The highest BCUT2D eigenvalue weighted by Crippen LogP contribution is 2.28. The summed E-state index contributed by atoms with van der Waals surface area (Å²) in [6.07, 6.45) is 1.81. The standard InChI is InChI=1S/C13H19NO5/c15-7-2-1-4-9(8-16)14-13(19)10-5-3-6-11(17)12(10)18/h3,5-6,9,15-18H,1-2,4,7-8H2,(H,14,19)/t9-/m0/s1. The van der Waals surface area contributed by atoms with Crippen LogP contribution >= 0.6 is 0 Å². The van der Waals surface area contributed by atoms with Crippen molar-refractivity contribution >= 4 is 5.91 Å². The number of aliphatic hydroxyl groups excluding tert-OH is 2. The number of carbonyl (C=O) groups excluding carboxylic acids is 1.